The molecular weight excluding hydrogens is 589 g/mol. The monoisotopic (exact) mass is 611 g/mol. The summed E-state index contributed by atoms with van der Waals surface area (Å²) >= 11 is 12.2. The zero-order valence-electron chi connectivity index (χ0n) is 23.0. The largest absolute Gasteiger partial charge is 0.313 e. The minimum Gasteiger partial charge on any atom is -0.313 e. The maximum atomic E-state index is 12.5. The number of aliphatic imine (C=N–C) groups is 2. The van der Waals surface area contributed by atoms with E-state index in [0.717, 1.165) is 22.5 Å². The number of aromatic nitrogens is 2. The number of carbonyl (C=O) groups excluding carboxylic acids is 2. The molecule has 2 aromatic carbocycles. The van der Waals surface area contributed by atoms with Crippen LogP contribution < -0.4 is 9.80 Å². The number of rotatable bonds is 3. The van der Waals surface area contributed by atoms with Gasteiger partial charge < -0.3 is 9.80 Å². The fourth-order valence-corrected chi connectivity index (χ4v) is 4.94. The van der Waals surface area contributed by atoms with Crippen molar-refractivity contribution in [2.75, 3.05) is 30.4 Å². The number of pyridine rings is 2. The highest BCUT2D eigenvalue weighted by atomic mass is 35.5. The van der Waals surface area contributed by atoms with Gasteiger partial charge >= 0.3 is 0 Å². The number of likely N-dealkylation sites (N-methyl/N-ethyl adjacent to an activating group) is 2. The Morgan fingerprint density at radius 1 is 0.837 bits per heavy atom. The van der Waals surface area contributed by atoms with Gasteiger partial charge in [-0.2, -0.15) is 0 Å². The second kappa shape index (κ2) is 12.8. The maximum absolute atomic E-state index is 12.5. The van der Waals surface area contributed by atoms with Crippen LogP contribution in [-0.2, 0) is 9.59 Å². The van der Waals surface area contributed by atoms with Crippen LogP contribution in [0.25, 0.3) is 10.4 Å². The summed E-state index contributed by atoms with van der Waals surface area (Å²) in [5, 5.41) is 4.64. The zero-order valence-corrected chi connectivity index (χ0v) is 24.5. The van der Waals surface area contributed by atoms with Gasteiger partial charge in [0.1, 0.15) is 6.54 Å². The molecule has 2 aromatic heterocycles. The van der Waals surface area contributed by atoms with Crippen molar-refractivity contribution in [3.05, 3.63) is 128 Å². The zero-order chi connectivity index (χ0) is 30.5. The number of azide groups is 1. The molecule has 0 N–H and O–H groups in total. The molecule has 11 nitrogen and oxygen atoms in total. The van der Waals surface area contributed by atoms with Gasteiger partial charge in [0.25, 0.3) is 5.91 Å². The predicted octanol–water partition coefficient (Wildman–Crippen LogP) is 5.73. The molecular formula is C30H23Cl2N9O2. The van der Waals surface area contributed by atoms with Gasteiger partial charge in [-0.3, -0.25) is 29.5 Å². The molecule has 2 aliphatic heterocycles. The third-order valence-corrected chi connectivity index (χ3v) is 7.20. The molecule has 1 unspecified atom stereocenters. The number of benzodiazepines with no additional fused rings is 2. The molecule has 0 radical (unpaired) electrons. The number of fused-ring (bicyclic) bond motifs is 2. The van der Waals surface area contributed by atoms with Crippen LogP contribution in [0.2, 0.25) is 10.0 Å². The number of halogens is 2. The van der Waals surface area contributed by atoms with Crippen molar-refractivity contribution in [2.24, 2.45) is 15.1 Å². The number of amides is 2. The van der Waals surface area contributed by atoms with Crippen molar-refractivity contribution < 1.29 is 9.59 Å². The molecule has 0 aliphatic carbocycles. The van der Waals surface area contributed by atoms with E-state index in [-0.39, 0.29) is 12.5 Å². The lowest BCUT2D eigenvalue weighted by Crippen LogP contribution is -2.33. The Bertz CT molecular complexity index is 1810. The summed E-state index contributed by atoms with van der Waals surface area (Å²) in [5.74, 6) is -0.460. The van der Waals surface area contributed by atoms with E-state index in [0.29, 0.717) is 32.6 Å². The second-order valence-corrected chi connectivity index (χ2v) is 10.3. The standard InChI is InChI=1S/C15H11ClN6O.C15H12ClN3O/c1-22-12-5-4-10(16)7-11(12)13(9-3-2-6-18-8-9)19-14(15(22)23)20-21-17;1-19-13-5-4-11(16)7-12(13)15(18-9-14(19)20)10-3-2-6-17-8-10/h2-8,14H,1H3;2-8H,9H2,1H3. The van der Waals surface area contributed by atoms with E-state index < -0.39 is 12.1 Å². The highest BCUT2D eigenvalue weighted by Crippen LogP contribution is 2.31. The van der Waals surface area contributed by atoms with Crippen molar-refractivity contribution in [3.63, 3.8) is 0 Å². The summed E-state index contributed by atoms with van der Waals surface area (Å²) in [4.78, 5) is 47.2. The number of nitrogens with zero attached hydrogens (tertiary/aromatic N) is 9. The van der Waals surface area contributed by atoms with E-state index >= 15 is 0 Å². The van der Waals surface area contributed by atoms with Gasteiger partial charge in [0.2, 0.25) is 12.1 Å². The first-order valence-electron chi connectivity index (χ1n) is 12.9. The maximum Gasteiger partial charge on any atom is 0.257 e. The summed E-state index contributed by atoms with van der Waals surface area (Å²) < 4.78 is 0. The average molecular weight is 612 g/mol. The molecule has 4 aromatic rings. The molecule has 4 heterocycles. The Labute approximate surface area is 256 Å². The lowest BCUT2D eigenvalue weighted by molar-refractivity contribution is -0.119. The lowest BCUT2D eigenvalue weighted by atomic mass is 10.0. The van der Waals surface area contributed by atoms with E-state index in [1.54, 1.807) is 74.1 Å². The predicted molar refractivity (Wildman–Crippen MR) is 167 cm³/mol. The Kier molecular flexibility index (Phi) is 8.77. The van der Waals surface area contributed by atoms with Gasteiger partial charge in [-0.25, -0.2) is 0 Å². The molecule has 2 amide bonds. The first-order chi connectivity index (χ1) is 20.8. The van der Waals surface area contributed by atoms with Crippen LogP contribution >= 0.6 is 23.2 Å². The molecule has 2 aliphatic rings. The van der Waals surface area contributed by atoms with Gasteiger partial charge in [-0.05, 0) is 66.2 Å². The number of anilines is 2. The SMILES string of the molecule is CN1C(=O)C(N=[N+]=[N-])N=C(c2cccnc2)c2cc(Cl)ccc21.CN1C(=O)CN=C(c2cccnc2)c2cc(Cl)ccc21. The summed E-state index contributed by atoms with van der Waals surface area (Å²) in [6.07, 6.45) is 5.54. The third-order valence-electron chi connectivity index (χ3n) is 6.73. The summed E-state index contributed by atoms with van der Waals surface area (Å²) in [6.45, 7) is 0.118. The second-order valence-electron chi connectivity index (χ2n) is 9.38. The minimum atomic E-state index is -1.17. The minimum absolute atomic E-state index is 0.0486. The van der Waals surface area contributed by atoms with Crippen LogP contribution in [0.3, 0.4) is 0 Å². The summed E-state index contributed by atoms with van der Waals surface area (Å²) in [7, 11) is 3.35. The topological polar surface area (TPSA) is 140 Å². The highest BCUT2D eigenvalue weighted by molar-refractivity contribution is 6.32. The van der Waals surface area contributed by atoms with Gasteiger partial charge in [0.05, 0.1) is 22.8 Å². The number of benzene rings is 2. The highest BCUT2D eigenvalue weighted by Gasteiger charge is 2.29. The van der Waals surface area contributed by atoms with Crippen LogP contribution in [0.15, 0.2) is 101 Å². The van der Waals surface area contributed by atoms with E-state index in [1.807, 2.05) is 30.3 Å². The molecule has 6 rings (SSSR count). The summed E-state index contributed by atoms with van der Waals surface area (Å²) in [6, 6.07) is 18.0. The van der Waals surface area contributed by atoms with Crippen molar-refractivity contribution in [1.82, 2.24) is 9.97 Å². The van der Waals surface area contributed by atoms with E-state index in [4.69, 9.17) is 28.7 Å². The molecule has 0 spiro atoms. The van der Waals surface area contributed by atoms with Gasteiger partial charge in [-0.15, -0.1) is 0 Å². The van der Waals surface area contributed by atoms with Crippen molar-refractivity contribution >= 4 is 57.8 Å². The number of hydrogen-bond donors (Lipinski definition) is 0. The normalized spacial score (nSPS) is 15.9. The van der Waals surface area contributed by atoms with E-state index in [2.05, 4.69) is 30.0 Å². The quantitative estimate of drug-likeness (QED) is 0.166. The van der Waals surface area contributed by atoms with Crippen LogP contribution in [-0.4, -0.2) is 60.0 Å². The third kappa shape index (κ3) is 6.24. The molecule has 0 fully saturated rings. The van der Waals surface area contributed by atoms with Crippen molar-refractivity contribution in [3.8, 4) is 0 Å². The fourth-order valence-electron chi connectivity index (χ4n) is 4.60. The van der Waals surface area contributed by atoms with Gasteiger partial charge in [-0.1, -0.05) is 28.3 Å². The van der Waals surface area contributed by atoms with E-state index in [1.165, 1.54) is 4.90 Å². The Hall–Kier alpha value is -5.09. The van der Waals surface area contributed by atoms with Crippen LogP contribution in [0.5, 0.6) is 0 Å². The van der Waals surface area contributed by atoms with Crippen LogP contribution in [0.4, 0.5) is 11.4 Å². The van der Waals surface area contributed by atoms with Gasteiger partial charge in [0.15, 0.2) is 0 Å². The van der Waals surface area contributed by atoms with E-state index in [9.17, 15) is 9.59 Å². The molecule has 13 heteroatoms. The van der Waals surface area contributed by atoms with Crippen molar-refractivity contribution in [2.45, 2.75) is 6.17 Å². The number of hydrogen-bond acceptors (Lipinski definition) is 7. The molecule has 1 atom stereocenters. The molecule has 43 heavy (non-hydrogen) atoms. The first-order valence-corrected chi connectivity index (χ1v) is 13.6. The van der Waals surface area contributed by atoms with Crippen LogP contribution in [0, 0.1) is 0 Å². The Morgan fingerprint density at radius 3 is 1.95 bits per heavy atom. The first kappa shape index (κ1) is 29.4. The summed E-state index contributed by atoms with van der Waals surface area (Å²) in [5.41, 5.74) is 14.5. The molecule has 0 saturated heterocycles. The molecule has 214 valence electrons. The smallest absolute Gasteiger partial charge is 0.257 e. The lowest BCUT2D eigenvalue weighted by Gasteiger charge is -2.19. The fraction of sp³-hybridized carbons (Fsp3) is 0.133. The Balaban J connectivity index is 0.000000173. The average Bonchev–Trinajstić information content (AvgIpc) is 3.21. The number of carbonyl (C=O) groups is 2. The molecule has 0 bridgehead atoms. The van der Waals surface area contributed by atoms with Gasteiger partial charge in [0, 0.05) is 76.1 Å². The van der Waals surface area contributed by atoms with Crippen LogP contribution in [0.1, 0.15) is 22.3 Å². The molecule has 0 saturated carbocycles. The van der Waals surface area contributed by atoms with Crippen molar-refractivity contribution in [1.29, 1.82) is 0 Å². The Morgan fingerprint density at radius 2 is 1.40 bits per heavy atom.